The van der Waals surface area contributed by atoms with Crippen LogP contribution in [0.25, 0.3) is 0 Å². The maximum absolute atomic E-state index is 11.7. The van der Waals surface area contributed by atoms with Crippen molar-refractivity contribution in [3.8, 4) is 0 Å². The zero-order valence-corrected chi connectivity index (χ0v) is 11.4. The average molecular weight is 298 g/mol. The normalized spacial score (nSPS) is 12.6. The minimum absolute atomic E-state index is 0.0927. The zero-order valence-electron chi connectivity index (χ0n) is 9.05. The molecule has 1 rings (SSSR count). The smallest absolute Gasteiger partial charge is 0.212 e. The van der Waals surface area contributed by atoms with Crippen molar-refractivity contribution >= 4 is 29.8 Å². The van der Waals surface area contributed by atoms with E-state index in [4.69, 9.17) is 10.7 Å². The van der Waals surface area contributed by atoms with Crippen LogP contribution >= 0.6 is 10.7 Å². The molecule has 0 saturated heterocycles. The molecule has 17 heavy (non-hydrogen) atoms. The molecule has 0 aliphatic heterocycles. The fraction of sp³-hybridized carbons (Fsp3) is 0.333. The maximum Gasteiger partial charge on any atom is 0.240 e. The number of aryl methyl sites for hydroxylation is 1. The van der Waals surface area contributed by atoms with Gasteiger partial charge in [-0.1, -0.05) is 17.7 Å². The van der Waals surface area contributed by atoms with Crippen LogP contribution in [0.1, 0.15) is 5.56 Å². The van der Waals surface area contributed by atoms with Gasteiger partial charge in [-0.3, -0.25) is 0 Å². The van der Waals surface area contributed by atoms with E-state index in [2.05, 4.69) is 4.72 Å². The Morgan fingerprint density at radius 1 is 1.12 bits per heavy atom. The molecular weight excluding hydrogens is 286 g/mol. The maximum atomic E-state index is 11.7. The third-order valence-electron chi connectivity index (χ3n) is 1.97. The molecule has 0 aromatic heterocycles. The number of hydrogen-bond donors (Lipinski definition) is 1. The molecule has 0 fully saturated rings. The summed E-state index contributed by atoms with van der Waals surface area (Å²) < 4.78 is 46.8. The monoisotopic (exact) mass is 297 g/mol. The fourth-order valence-electron chi connectivity index (χ4n) is 1.10. The second-order valence-electron chi connectivity index (χ2n) is 3.45. The van der Waals surface area contributed by atoms with Crippen LogP contribution in [0.2, 0.25) is 0 Å². The molecule has 0 heterocycles. The summed E-state index contributed by atoms with van der Waals surface area (Å²) in [5.41, 5.74) is 0.937. The van der Waals surface area contributed by atoms with Crippen LogP contribution in [0.4, 0.5) is 0 Å². The van der Waals surface area contributed by atoms with Crippen LogP contribution in [-0.4, -0.2) is 29.1 Å². The number of rotatable bonds is 5. The molecule has 0 aliphatic rings. The van der Waals surface area contributed by atoms with E-state index in [9.17, 15) is 16.8 Å². The number of sulfonamides is 1. The van der Waals surface area contributed by atoms with Crippen molar-refractivity contribution in [1.82, 2.24) is 4.72 Å². The summed E-state index contributed by atoms with van der Waals surface area (Å²) in [6.07, 6.45) is 0. The van der Waals surface area contributed by atoms with Gasteiger partial charge < -0.3 is 0 Å². The summed E-state index contributed by atoms with van der Waals surface area (Å²) in [7, 11) is -2.40. The highest BCUT2D eigenvalue weighted by Gasteiger charge is 2.14. The second-order valence-corrected chi connectivity index (χ2v) is 8.12. The Morgan fingerprint density at radius 2 is 1.65 bits per heavy atom. The highest BCUT2D eigenvalue weighted by molar-refractivity contribution is 8.13. The third-order valence-corrected chi connectivity index (χ3v) is 4.60. The highest BCUT2D eigenvalue weighted by atomic mass is 35.7. The first-order valence-electron chi connectivity index (χ1n) is 4.69. The van der Waals surface area contributed by atoms with Gasteiger partial charge in [0.1, 0.15) is 0 Å². The van der Waals surface area contributed by atoms with E-state index < -0.39 is 24.8 Å². The topological polar surface area (TPSA) is 80.3 Å². The molecule has 1 aromatic carbocycles. The van der Waals surface area contributed by atoms with Crippen LogP contribution in [-0.2, 0) is 19.1 Å². The predicted octanol–water partition coefficient (Wildman–Crippen LogP) is 0.842. The van der Waals surface area contributed by atoms with E-state index in [-0.39, 0.29) is 11.4 Å². The van der Waals surface area contributed by atoms with Gasteiger partial charge in [0.05, 0.1) is 10.6 Å². The highest BCUT2D eigenvalue weighted by Crippen LogP contribution is 2.09. The molecular formula is C9H12ClNO4S2. The number of hydrogen-bond acceptors (Lipinski definition) is 4. The standard InChI is InChI=1S/C9H12ClNO4S2/c1-8-2-4-9(5-3-8)17(14,15)11-6-7-16(10,12)13/h2-5,11H,6-7H2,1H3. The lowest BCUT2D eigenvalue weighted by molar-refractivity contribution is 0.582. The lowest BCUT2D eigenvalue weighted by Crippen LogP contribution is -2.28. The zero-order chi connectivity index (χ0) is 13.1. The molecule has 0 spiro atoms. The van der Waals surface area contributed by atoms with Gasteiger partial charge in [0, 0.05) is 17.2 Å². The Kier molecular flexibility index (Phi) is 4.54. The van der Waals surface area contributed by atoms with Crippen molar-refractivity contribution in [2.75, 3.05) is 12.3 Å². The molecule has 0 saturated carbocycles. The van der Waals surface area contributed by atoms with Gasteiger partial charge in [-0.05, 0) is 19.1 Å². The van der Waals surface area contributed by atoms with Gasteiger partial charge in [-0.2, -0.15) is 0 Å². The molecule has 0 bridgehead atoms. The molecule has 96 valence electrons. The van der Waals surface area contributed by atoms with Gasteiger partial charge in [0.2, 0.25) is 19.1 Å². The van der Waals surface area contributed by atoms with Crippen LogP contribution in [0.15, 0.2) is 29.2 Å². The minimum atomic E-state index is -3.69. The number of benzene rings is 1. The summed E-state index contributed by atoms with van der Waals surface area (Å²) in [4.78, 5) is 0.0927. The Morgan fingerprint density at radius 3 is 2.12 bits per heavy atom. The van der Waals surface area contributed by atoms with Crippen molar-refractivity contribution in [3.05, 3.63) is 29.8 Å². The van der Waals surface area contributed by atoms with Crippen LogP contribution in [0.3, 0.4) is 0 Å². The first-order chi connectivity index (χ1) is 7.71. The molecule has 0 atom stereocenters. The van der Waals surface area contributed by atoms with Crippen molar-refractivity contribution in [3.63, 3.8) is 0 Å². The molecule has 8 heteroatoms. The Hall–Kier alpha value is -0.630. The van der Waals surface area contributed by atoms with Crippen LogP contribution in [0, 0.1) is 6.92 Å². The lowest BCUT2D eigenvalue weighted by atomic mass is 10.2. The largest absolute Gasteiger partial charge is 0.240 e. The van der Waals surface area contributed by atoms with Crippen molar-refractivity contribution in [2.45, 2.75) is 11.8 Å². The summed E-state index contributed by atoms with van der Waals surface area (Å²) in [5.74, 6) is -0.445. The summed E-state index contributed by atoms with van der Waals surface area (Å²) in [6, 6.07) is 6.22. The Labute approximate surface area is 105 Å². The summed E-state index contributed by atoms with van der Waals surface area (Å²) in [6.45, 7) is 1.59. The average Bonchev–Trinajstić information content (AvgIpc) is 2.15. The molecule has 1 aromatic rings. The van der Waals surface area contributed by atoms with Gasteiger partial charge in [-0.15, -0.1) is 0 Å². The van der Waals surface area contributed by atoms with E-state index in [0.717, 1.165) is 5.56 Å². The minimum Gasteiger partial charge on any atom is -0.212 e. The molecule has 1 N–H and O–H groups in total. The molecule has 0 aliphatic carbocycles. The van der Waals surface area contributed by atoms with Crippen molar-refractivity contribution in [1.29, 1.82) is 0 Å². The predicted molar refractivity (Wildman–Crippen MR) is 66.0 cm³/mol. The summed E-state index contributed by atoms with van der Waals surface area (Å²) in [5, 5.41) is 0. The number of nitrogens with one attached hydrogen (secondary N) is 1. The second kappa shape index (κ2) is 5.34. The first-order valence-corrected chi connectivity index (χ1v) is 8.65. The van der Waals surface area contributed by atoms with Crippen LogP contribution < -0.4 is 4.72 Å². The van der Waals surface area contributed by atoms with E-state index in [1.165, 1.54) is 12.1 Å². The molecule has 0 amide bonds. The number of halogens is 1. The van der Waals surface area contributed by atoms with E-state index in [0.29, 0.717) is 0 Å². The molecule has 0 unspecified atom stereocenters. The quantitative estimate of drug-likeness (QED) is 0.817. The van der Waals surface area contributed by atoms with Gasteiger partial charge >= 0.3 is 0 Å². The molecule has 5 nitrogen and oxygen atoms in total. The summed E-state index contributed by atoms with van der Waals surface area (Å²) >= 11 is 0. The van der Waals surface area contributed by atoms with Crippen molar-refractivity contribution in [2.24, 2.45) is 0 Å². The van der Waals surface area contributed by atoms with Gasteiger partial charge in [-0.25, -0.2) is 21.6 Å². The van der Waals surface area contributed by atoms with Gasteiger partial charge in [0.15, 0.2) is 0 Å². The lowest BCUT2D eigenvalue weighted by Gasteiger charge is -2.05. The van der Waals surface area contributed by atoms with Crippen molar-refractivity contribution < 1.29 is 16.8 Å². The molecule has 0 radical (unpaired) electrons. The van der Waals surface area contributed by atoms with E-state index in [1.807, 2.05) is 6.92 Å². The van der Waals surface area contributed by atoms with Crippen LogP contribution in [0.5, 0.6) is 0 Å². The third kappa shape index (κ3) is 5.03. The van der Waals surface area contributed by atoms with Gasteiger partial charge in [0.25, 0.3) is 0 Å². The van der Waals surface area contributed by atoms with E-state index in [1.54, 1.807) is 12.1 Å². The Bertz CT molecular complexity index is 578. The Balaban J connectivity index is 2.73. The first kappa shape index (κ1) is 14.4. The van der Waals surface area contributed by atoms with E-state index >= 15 is 0 Å². The SMILES string of the molecule is Cc1ccc(S(=O)(=O)NCCS(=O)(=O)Cl)cc1. The fourth-order valence-corrected chi connectivity index (χ4v) is 2.84.